The number of hydrogen-bond donors (Lipinski definition) is 1. The van der Waals surface area contributed by atoms with Gasteiger partial charge in [0, 0.05) is 19.7 Å². The van der Waals surface area contributed by atoms with Gasteiger partial charge in [0.05, 0.1) is 5.56 Å². The number of aromatic carboxylic acids is 1. The van der Waals surface area contributed by atoms with Crippen molar-refractivity contribution in [2.24, 2.45) is 0 Å². The molecule has 2 aromatic rings. The van der Waals surface area contributed by atoms with E-state index in [1.54, 1.807) is 7.05 Å². The van der Waals surface area contributed by atoms with Gasteiger partial charge in [-0.2, -0.15) is 0 Å². The fraction of sp³-hybridized carbons (Fsp3) is 0.200. The SMILES string of the molecule is Cc1ccccc1CN(C)C(=O)c1cc(C(=O)O)co1. The number of nitrogens with zero attached hydrogens (tertiary/aromatic N) is 1. The molecule has 1 amide bonds. The lowest BCUT2D eigenvalue weighted by molar-refractivity contribution is 0.0695. The second kappa shape index (κ2) is 5.61. The first-order chi connectivity index (χ1) is 9.49. The Kier molecular flexibility index (Phi) is 3.89. The molecular formula is C15H15NO4. The van der Waals surface area contributed by atoms with E-state index in [0.29, 0.717) is 6.54 Å². The quantitative estimate of drug-likeness (QED) is 0.929. The van der Waals surface area contributed by atoms with Gasteiger partial charge < -0.3 is 14.4 Å². The van der Waals surface area contributed by atoms with Crippen molar-refractivity contribution in [1.29, 1.82) is 0 Å². The third-order valence-electron chi connectivity index (χ3n) is 3.07. The van der Waals surface area contributed by atoms with Gasteiger partial charge in [0.1, 0.15) is 6.26 Å². The first kappa shape index (κ1) is 13.9. The summed E-state index contributed by atoms with van der Waals surface area (Å²) in [6.07, 6.45) is 1.07. The van der Waals surface area contributed by atoms with Crippen molar-refractivity contribution in [1.82, 2.24) is 4.90 Å². The third-order valence-corrected chi connectivity index (χ3v) is 3.07. The molecule has 1 N–H and O–H groups in total. The lowest BCUT2D eigenvalue weighted by Crippen LogP contribution is -2.26. The van der Waals surface area contributed by atoms with E-state index in [1.807, 2.05) is 31.2 Å². The van der Waals surface area contributed by atoms with Crippen molar-refractivity contribution < 1.29 is 19.1 Å². The summed E-state index contributed by atoms with van der Waals surface area (Å²) in [5, 5.41) is 8.81. The lowest BCUT2D eigenvalue weighted by Gasteiger charge is -2.17. The molecule has 1 heterocycles. The average Bonchev–Trinajstić information content (AvgIpc) is 2.90. The van der Waals surface area contributed by atoms with Crippen LogP contribution in [-0.2, 0) is 6.54 Å². The molecule has 0 fully saturated rings. The first-order valence-electron chi connectivity index (χ1n) is 6.11. The number of benzene rings is 1. The zero-order valence-corrected chi connectivity index (χ0v) is 11.3. The zero-order valence-electron chi connectivity index (χ0n) is 11.3. The summed E-state index contributed by atoms with van der Waals surface area (Å²) in [7, 11) is 1.65. The van der Waals surface area contributed by atoms with Crippen molar-refractivity contribution in [3.8, 4) is 0 Å². The monoisotopic (exact) mass is 273 g/mol. The number of aryl methyl sites for hydroxylation is 1. The number of furan rings is 1. The smallest absolute Gasteiger partial charge is 0.338 e. The van der Waals surface area contributed by atoms with Crippen molar-refractivity contribution in [3.63, 3.8) is 0 Å². The third kappa shape index (κ3) is 2.88. The Labute approximate surface area is 116 Å². The van der Waals surface area contributed by atoms with Crippen LogP contribution in [0.15, 0.2) is 41.0 Å². The van der Waals surface area contributed by atoms with Gasteiger partial charge in [-0.1, -0.05) is 24.3 Å². The Bertz CT molecular complexity index is 645. The Morgan fingerprint density at radius 1 is 1.30 bits per heavy atom. The van der Waals surface area contributed by atoms with Gasteiger partial charge in [-0.05, 0) is 18.1 Å². The van der Waals surface area contributed by atoms with E-state index in [4.69, 9.17) is 9.52 Å². The Hall–Kier alpha value is -2.56. The van der Waals surface area contributed by atoms with Crippen molar-refractivity contribution in [2.75, 3.05) is 7.05 Å². The van der Waals surface area contributed by atoms with Gasteiger partial charge >= 0.3 is 5.97 Å². The molecule has 0 aliphatic carbocycles. The number of amides is 1. The highest BCUT2D eigenvalue weighted by Gasteiger charge is 2.18. The highest BCUT2D eigenvalue weighted by atomic mass is 16.4. The maximum absolute atomic E-state index is 12.1. The highest BCUT2D eigenvalue weighted by Crippen LogP contribution is 2.14. The predicted molar refractivity (Wildman–Crippen MR) is 72.6 cm³/mol. The molecule has 1 aromatic carbocycles. The summed E-state index contributed by atoms with van der Waals surface area (Å²) < 4.78 is 5.00. The number of carboxylic acid groups (broad SMARTS) is 1. The highest BCUT2D eigenvalue weighted by molar-refractivity contribution is 5.95. The average molecular weight is 273 g/mol. The van der Waals surface area contributed by atoms with Crippen LogP contribution in [0, 0.1) is 6.92 Å². The molecule has 0 unspecified atom stereocenters. The van der Waals surface area contributed by atoms with Gasteiger partial charge in [-0.3, -0.25) is 4.79 Å². The molecule has 0 radical (unpaired) electrons. The summed E-state index contributed by atoms with van der Waals surface area (Å²) in [6, 6.07) is 9.01. The molecule has 2 rings (SSSR count). The lowest BCUT2D eigenvalue weighted by atomic mass is 10.1. The van der Waals surface area contributed by atoms with Crippen LogP contribution in [0.25, 0.3) is 0 Å². The van der Waals surface area contributed by atoms with Gasteiger partial charge in [-0.25, -0.2) is 4.79 Å². The molecule has 0 saturated carbocycles. The Morgan fingerprint density at radius 2 is 2.00 bits per heavy atom. The van der Waals surface area contributed by atoms with E-state index in [1.165, 1.54) is 11.0 Å². The number of hydrogen-bond acceptors (Lipinski definition) is 3. The van der Waals surface area contributed by atoms with Crippen LogP contribution in [0.3, 0.4) is 0 Å². The second-order valence-corrected chi connectivity index (χ2v) is 4.59. The maximum Gasteiger partial charge on any atom is 0.338 e. The number of carbonyl (C=O) groups excluding carboxylic acids is 1. The van der Waals surface area contributed by atoms with Crippen LogP contribution in [0.1, 0.15) is 32.0 Å². The van der Waals surface area contributed by atoms with Crippen LogP contribution >= 0.6 is 0 Å². The first-order valence-corrected chi connectivity index (χ1v) is 6.11. The molecule has 0 atom stereocenters. The van der Waals surface area contributed by atoms with Gasteiger partial charge in [0.2, 0.25) is 0 Å². The van der Waals surface area contributed by atoms with Crippen molar-refractivity contribution >= 4 is 11.9 Å². The molecule has 0 spiro atoms. The number of carboxylic acids is 1. The fourth-order valence-corrected chi connectivity index (χ4v) is 1.86. The molecular weight excluding hydrogens is 258 g/mol. The molecule has 20 heavy (non-hydrogen) atoms. The topological polar surface area (TPSA) is 70.8 Å². The van der Waals surface area contributed by atoms with E-state index in [-0.39, 0.29) is 17.2 Å². The predicted octanol–water partition coefficient (Wildman–Crippen LogP) is 2.56. The standard InChI is InChI=1S/C15H15NO4/c1-10-5-3-4-6-11(10)8-16(2)14(17)13-7-12(9-20-13)15(18)19/h3-7,9H,8H2,1-2H3,(H,18,19). The summed E-state index contributed by atoms with van der Waals surface area (Å²) >= 11 is 0. The van der Waals surface area contributed by atoms with Crippen molar-refractivity contribution in [2.45, 2.75) is 13.5 Å². The normalized spacial score (nSPS) is 10.3. The van der Waals surface area contributed by atoms with Gasteiger partial charge in [0.25, 0.3) is 5.91 Å². The minimum absolute atomic E-state index is 0.0264. The van der Waals surface area contributed by atoms with Crippen LogP contribution in [0.5, 0.6) is 0 Å². The van der Waals surface area contributed by atoms with E-state index in [9.17, 15) is 9.59 Å². The molecule has 0 saturated heterocycles. The molecule has 0 aliphatic heterocycles. The molecule has 1 aromatic heterocycles. The van der Waals surface area contributed by atoms with Gasteiger partial charge in [0.15, 0.2) is 5.76 Å². The van der Waals surface area contributed by atoms with Crippen LogP contribution in [0.2, 0.25) is 0 Å². The molecule has 104 valence electrons. The van der Waals surface area contributed by atoms with E-state index >= 15 is 0 Å². The summed E-state index contributed by atoms with van der Waals surface area (Å²) in [5.41, 5.74) is 2.10. The fourth-order valence-electron chi connectivity index (χ4n) is 1.86. The van der Waals surface area contributed by atoms with Crippen LogP contribution in [-0.4, -0.2) is 28.9 Å². The van der Waals surface area contributed by atoms with Crippen molar-refractivity contribution in [3.05, 3.63) is 59.0 Å². The maximum atomic E-state index is 12.1. The number of carbonyl (C=O) groups is 2. The summed E-state index contributed by atoms with van der Waals surface area (Å²) in [5.74, 6) is -1.44. The van der Waals surface area contributed by atoms with Gasteiger partial charge in [-0.15, -0.1) is 0 Å². The Morgan fingerprint density at radius 3 is 2.60 bits per heavy atom. The number of rotatable bonds is 4. The van der Waals surface area contributed by atoms with E-state index in [0.717, 1.165) is 17.4 Å². The van der Waals surface area contributed by atoms with E-state index in [2.05, 4.69) is 0 Å². The molecule has 0 aliphatic rings. The summed E-state index contributed by atoms with van der Waals surface area (Å²) in [6.45, 7) is 2.41. The zero-order chi connectivity index (χ0) is 14.7. The Balaban J connectivity index is 2.12. The van der Waals surface area contributed by atoms with Crippen LogP contribution in [0.4, 0.5) is 0 Å². The molecule has 0 bridgehead atoms. The minimum Gasteiger partial charge on any atom is -0.478 e. The largest absolute Gasteiger partial charge is 0.478 e. The second-order valence-electron chi connectivity index (χ2n) is 4.59. The molecule has 5 heteroatoms. The summed E-state index contributed by atoms with van der Waals surface area (Å²) in [4.78, 5) is 24.4. The minimum atomic E-state index is -1.12. The molecule has 5 nitrogen and oxygen atoms in total. The van der Waals surface area contributed by atoms with E-state index < -0.39 is 5.97 Å². The van der Waals surface area contributed by atoms with Crippen LogP contribution < -0.4 is 0 Å².